The second-order valence-corrected chi connectivity index (χ2v) is 4.46. The molecule has 0 aliphatic carbocycles. The zero-order valence-electron chi connectivity index (χ0n) is 5.11. The molecule has 52 valence electrons. The van der Waals surface area contributed by atoms with E-state index in [-0.39, 0.29) is 0 Å². The molecular formula is C3H9BO4Si. The molecule has 0 aromatic heterocycles. The summed E-state index contributed by atoms with van der Waals surface area (Å²) in [6.07, 6.45) is 0. The van der Waals surface area contributed by atoms with Gasteiger partial charge in [-0.2, -0.15) is 0 Å². The minimum Gasteiger partial charge on any atom is -0.408 e. The van der Waals surface area contributed by atoms with Gasteiger partial charge in [-0.15, -0.1) is 6.58 Å². The van der Waals surface area contributed by atoms with E-state index in [0.717, 1.165) is 0 Å². The largest absolute Gasteiger partial charge is 0.624 e. The van der Waals surface area contributed by atoms with E-state index in [9.17, 15) is 0 Å². The van der Waals surface area contributed by atoms with Gasteiger partial charge in [0.05, 0.1) is 0 Å². The van der Waals surface area contributed by atoms with Gasteiger partial charge in [0, 0.05) is 0 Å². The first-order chi connectivity index (χ1) is 3.98. The maximum Gasteiger partial charge on any atom is 0.624 e. The van der Waals surface area contributed by atoms with Crippen LogP contribution >= 0.6 is 0 Å². The molecule has 0 aliphatic rings. The third-order valence-corrected chi connectivity index (χ3v) is 2.17. The van der Waals surface area contributed by atoms with E-state index < -0.39 is 15.9 Å². The lowest BCUT2D eigenvalue weighted by atomic mass is 10.3. The first kappa shape index (κ1) is 8.86. The highest BCUT2D eigenvalue weighted by molar-refractivity contribution is 6.74. The molecule has 0 spiro atoms. The highest BCUT2D eigenvalue weighted by Crippen LogP contribution is 1.99. The van der Waals surface area contributed by atoms with Crippen LogP contribution in [0.1, 0.15) is 0 Å². The van der Waals surface area contributed by atoms with E-state index in [1.165, 1.54) is 12.2 Å². The summed E-state index contributed by atoms with van der Waals surface area (Å²) in [7, 11) is -4.89. The molecule has 0 saturated carbocycles. The van der Waals surface area contributed by atoms with Crippen LogP contribution in [0.2, 0.25) is 6.55 Å². The van der Waals surface area contributed by atoms with Crippen LogP contribution in [0.15, 0.2) is 12.3 Å². The Morgan fingerprint density at radius 3 is 2.22 bits per heavy atom. The van der Waals surface area contributed by atoms with Gasteiger partial charge >= 0.3 is 15.9 Å². The molecule has 0 aromatic rings. The Balaban J connectivity index is 3.71. The predicted octanol–water partition coefficient (Wildman–Crippen LogP) is -1.24. The summed E-state index contributed by atoms with van der Waals surface area (Å²) in [4.78, 5) is 8.97. The Morgan fingerprint density at radius 1 is 1.67 bits per heavy atom. The smallest absolute Gasteiger partial charge is 0.408 e. The predicted molar refractivity (Wildman–Crippen MR) is 35.3 cm³/mol. The molecule has 1 unspecified atom stereocenters. The van der Waals surface area contributed by atoms with Crippen LogP contribution < -0.4 is 0 Å². The fraction of sp³-hybridized carbons (Fsp3) is 0.333. The molecule has 0 fully saturated rings. The van der Waals surface area contributed by atoms with Gasteiger partial charge in [-0.3, -0.25) is 0 Å². The molecule has 0 radical (unpaired) electrons. The molecule has 0 saturated heterocycles. The molecule has 1 atom stereocenters. The van der Waals surface area contributed by atoms with Crippen molar-refractivity contribution in [2.45, 2.75) is 6.55 Å². The lowest BCUT2D eigenvalue weighted by molar-refractivity contribution is 0.255. The van der Waals surface area contributed by atoms with Crippen molar-refractivity contribution < 1.29 is 19.2 Å². The minimum absolute atomic E-state index is 1.19. The normalized spacial score (nSPS) is 16.4. The van der Waals surface area contributed by atoms with Gasteiger partial charge in [0.15, 0.2) is 0 Å². The minimum atomic E-state index is -2.98. The molecule has 0 aliphatic heterocycles. The van der Waals surface area contributed by atoms with Crippen molar-refractivity contribution in [3.63, 3.8) is 0 Å². The average molecular weight is 148 g/mol. The van der Waals surface area contributed by atoms with Gasteiger partial charge < -0.3 is 19.2 Å². The first-order valence-corrected chi connectivity index (χ1v) is 4.81. The van der Waals surface area contributed by atoms with Crippen molar-refractivity contribution in [3.05, 3.63) is 12.3 Å². The molecule has 3 N–H and O–H groups in total. The van der Waals surface area contributed by atoms with E-state index in [1.54, 1.807) is 0 Å². The van der Waals surface area contributed by atoms with E-state index in [4.69, 9.17) is 14.8 Å². The van der Waals surface area contributed by atoms with Crippen molar-refractivity contribution >= 4 is 15.9 Å². The summed E-state index contributed by atoms with van der Waals surface area (Å²) >= 11 is 0. The Morgan fingerprint density at radius 2 is 2.11 bits per heavy atom. The molecule has 6 heteroatoms. The van der Waals surface area contributed by atoms with Crippen molar-refractivity contribution in [3.8, 4) is 0 Å². The quantitative estimate of drug-likeness (QED) is 0.438. The number of hydrogen-bond acceptors (Lipinski definition) is 4. The lowest BCUT2D eigenvalue weighted by Crippen LogP contribution is -2.39. The fourth-order valence-electron chi connectivity index (χ4n) is 0.262. The van der Waals surface area contributed by atoms with Gasteiger partial charge in [-0.25, -0.2) is 0 Å². The zero-order valence-corrected chi connectivity index (χ0v) is 6.11. The van der Waals surface area contributed by atoms with Crippen molar-refractivity contribution in [1.82, 2.24) is 0 Å². The van der Waals surface area contributed by atoms with Crippen molar-refractivity contribution in [1.29, 1.82) is 0 Å². The average Bonchev–Trinajstić information content (AvgIpc) is 1.63. The maximum absolute atomic E-state index is 8.97. The molecule has 0 heterocycles. The number of hydrogen-bond donors (Lipinski definition) is 3. The summed E-state index contributed by atoms with van der Waals surface area (Å²) in [6, 6.07) is 0. The van der Waals surface area contributed by atoms with Gasteiger partial charge in [-0.1, -0.05) is 5.70 Å². The molecule has 0 rings (SSSR count). The molecule has 4 nitrogen and oxygen atoms in total. The van der Waals surface area contributed by atoms with Crippen LogP contribution in [-0.4, -0.2) is 30.7 Å². The zero-order chi connectivity index (χ0) is 7.49. The summed E-state index contributed by atoms with van der Waals surface area (Å²) in [5.74, 6) is 0. The maximum atomic E-state index is 8.97. The van der Waals surface area contributed by atoms with Crippen LogP contribution in [0.5, 0.6) is 0 Å². The van der Waals surface area contributed by atoms with E-state index in [0.29, 0.717) is 0 Å². The van der Waals surface area contributed by atoms with Crippen LogP contribution in [-0.2, 0) is 4.34 Å². The molecule has 0 bridgehead atoms. The van der Waals surface area contributed by atoms with Gasteiger partial charge in [0.2, 0.25) is 0 Å². The van der Waals surface area contributed by atoms with Crippen LogP contribution in [0.3, 0.4) is 0 Å². The van der Waals surface area contributed by atoms with Crippen LogP contribution in [0, 0.1) is 0 Å². The topological polar surface area (TPSA) is 69.9 Å². The Bertz CT molecular complexity index is 104. The monoisotopic (exact) mass is 148 g/mol. The summed E-state index contributed by atoms with van der Waals surface area (Å²) < 4.78 is 4.27. The van der Waals surface area contributed by atoms with E-state index in [2.05, 4.69) is 10.9 Å². The van der Waals surface area contributed by atoms with Crippen LogP contribution in [0.25, 0.3) is 0 Å². The highest BCUT2D eigenvalue weighted by atomic mass is 28.4. The third kappa shape index (κ3) is 4.37. The van der Waals surface area contributed by atoms with Gasteiger partial charge in [-0.05, 0) is 6.55 Å². The Hall–Kier alpha value is -0.138. The highest BCUT2D eigenvalue weighted by Gasteiger charge is 2.27. The molecule has 9 heavy (non-hydrogen) atoms. The molecule has 0 amide bonds. The van der Waals surface area contributed by atoms with Gasteiger partial charge in [0.25, 0.3) is 0 Å². The second-order valence-electron chi connectivity index (χ2n) is 1.70. The fourth-order valence-corrected chi connectivity index (χ4v) is 0.785. The summed E-state index contributed by atoms with van der Waals surface area (Å²) in [5, 5.41) is 16.4. The SMILES string of the molecule is C=C[Si](C)(O)OB(O)O. The summed E-state index contributed by atoms with van der Waals surface area (Å²) in [6.45, 7) is 4.62. The standard InChI is InChI=1S/C3H9BO4Si/c1-3-9(2,7)8-4(5)6/h3,5-7H,1H2,2H3. The lowest BCUT2D eigenvalue weighted by Gasteiger charge is -2.14. The number of rotatable bonds is 3. The van der Waals surface area contributed by atoms with E-state index in [1.807, 2.05) is 0 Å². The second kappa shape index (κ2) is 3.14. The third-order valence-electron chi connectivity index (χ3n) is 0.723. The van der Waals surface area contributed by atoms with Gasteiger partial charge in [0.1, 0.15) is 0 Å². The Labute approximate surface area is 54.8 Å². The van der Waals surface area contributed by atoms with Crippen LogP contribution in [0.4, 0.5) is 0 Å². The molecular weight excluding hydrogens is 139 g/mol. The molecule has 0 aromatic carbocycles. The summed E-state index contributed by atoms with van der Waals surface area (Å²) in [5.41, 5.74) is 1.19. The first-order valence-electron chi connectivity index (χ1n) is 2.38. The van der Waals surface area contributed by atoms with E-state index >= 15 is 0 Å². The van der Waals surface area contributed by atoms with Crippen molar-refractivity contribution in [2.24, 2.45) is 0 Å². The Kier molecular flexibility index (Phi) is 3.09. The van der Waals surface area contributed by atoms with Crippen molar-refractivity contribution in [2.75, 3.05) is 0 Å².